The van der Waals surface area contributed by atoms with E-state index in [1.54, 1.807) is 16.7 Å². The third-order valence-corrected chi connectivity index (χ3v) is 3.92. The average Bonchev–Trinajstić information content (AvgIpc) is 3.09. The fourth-order valence-electron chi connectivity index (χ4n) is 2.57. The lowest BCUT2D eigenvalue weighted by Gasteiger charge is -2.08. The molecule has 0 aliphatic carbocycles. The van der Waals surface area contributed by atoms with Gasteiger partial charge in [0.2, 0.25) is 0 Å². The van der Waals surface area contributed by atoms with Crippen LogP contribution in [0.5, 0.6) is 5.75 Å². The molecule has 1 aromatic carbocycles. The summed E-state index contributed by atoms with van der Waals surface area (Å²) in [6.07, 6.45) is 1.60. The Morgan fingerprint density at radius 1 is 1.15 bits per heavy atom. The second-order valence-corrected chi connectivity index (χ2v) is 6.11. The van der Waals surface area contributed by atoms with E-state index < -0.39 is 11.9 Å². The number of carbonyl (C=O) groups is 2. The highest BCUT2D eigenvalue weighted by molar-refractivity contribution is 5.90. The number of amides is 1. The van der Waals surface area contributed by atoms with Gasteiger partial charge >= 0.3 is 5.97 Å². The summed E-state index contributed by atoms with van der Waals surface area (Å²) in [5.74, 6) is -0.279. The van der Waals surface area contributed by atoms with Crippen molar-refractivity contribution in [2.24, 2.45) is 0 Å². The maximum atomic E-state index is 12.1. The van der Waals surface area contributed by atoms with Crippen molar-refractivity contribution in [3.05, 3.63) is 65.6 Å². The molecule has 7 heteroatoms. The largest absolute Gasteiger partial charge is 0.492 e. The molecule has 0 bridgehead atoms. The molecular weight excluding hydrogens is 346 g/mol. The van der Waals surface area contributed by atoms with E-state index in [4.69, 9.17) is 9.47 Å². The van der Waals surface area contributed by atoms with Crippen LogP contribution in [0.4, 0.5) is 0 Å². The smallest absolute Gasteiger partial charge is 0.359 e. The predicted octanol–water partition coefficient (Wildman–Crippen LogP) is 2.30. The summed E-state index contributed by atoms with van der Waals surface area (Å²) in [5.41, 5.74) is 2.87. The van der Waals surface area contributed by atoms with Crippen LogP contribution in [0.15, 0.2) is 48.7 Å². The zero-order chi connectivity index (χ0) is 19.2. The van der Waals surface area contributed by atoms with Crippen LogP contribution in [-0.4, -0.2) is 41.0 Å². The van der Waals surface area contributed by atoms with Crippen molar-refractivity contribution in [2.45, 2.75) is 13.8 Å². The Kier molecular flexibility index (Phi) is 5.71. The number of rotatable bonds is 7. The number of hydrogen-bond donors (Lipinski definition) is 1. The van der Waals surface area contributed by atoms with Gasteiger partial charge in [-0.15, -0.1) is 0 Å². The van der Waals surface area contributed by atoms with E-state index in [9.17, 15) is 9.59 Å². The Balaban J connectivity index is 1.41. The summed E-state index contributed by atoms with van der Waals surface area (Å²) in [7, 11) is 0. The van der Waals surface area contributed by atoms with Crippen LogP contribution in [0, 0.1) is 13.8 Å². The van der Waals surface area contributed by atoms with Gasteiger partial charge in [-0.1, -0.05) is 18.2 Å². The van der Waals surface area contributed by atoms with Crippen LogP contribution in [0.1, 0.15) is 21.7 Å². The van der Waals surface area contributed by atoms with Crippen LogP contribution in [0.3, 0.4) is 0 Å². The fourth-order valence-corrected chi connectivity index (χ4v) is 2.57. The number of fused-ring (bicyclic) bond motifs is 1. The second-order valence-electron chi connectivity index (χ2n) is 6.11. The molecule has 0 fully saturated rings. The Hall–Kier alpha value is -3.35. The monoisotopic (exact) mass is 367 g/mol. The molecule has 2 heterocycles. The first kappa shape index (κ1) is 18.4. The lowest BCUT2D eigenvalue weighted by atomic mass is 10.2. The minimum Gasteiger partial charge on any atom is -0.492 e. The van der Waals surface area contributed by atoms with Crippen LogP contribution in [0.2, 0.25) is 0 Å². The van der Waals surface area contributed by atoms with Crippen molar-refractivity contribution in [3.63, 3.8) is 0 Å². The lowest BCUT2D eigenvalue weighted by molar-refractivity contribution is -0.124. The number of benzene rings is 1. The molecule has 2 aromatic heterocycles. The number of aryl methyl sites for hydroxylation is 2. The summed E-state index contributed by atoms with van der Waals surface area (Å²) in [4.78, 5) is 28.1. The molecule has 1 N–H and O–H groups in total. The summed E-state index contributed by atoms with van der Waals surface area (Å²) >= 11 is 0. The molecule has 3 rings (SSSR count). The van der Waals surface area contributed by atoms with Gasteiger partial charge in [0.05, 0.1) is 6.54 Å². The minimum absolute atomic E-state index is 0.167. The molecule has 0 spiro atoms. The minimum atomic E-state index is -0.635. The van der Waals surface area contributed by atoms with Crippen LogP contribution in [0.25, 0.3) is 5.65 Å². The summed E-state index contributed by atoms with van der Waals surface area (Å²) in [6.45, 7) is 4.17. The van der Waals surface area contributed by atoms with Gasteiger partial charge in [-0.25, -0.2) is 9.78 Å². The Labute approximate surface area is 156 Å². The van der Waals surface area contributed by atoms with Gasteiger partial charge in [0, 0.05) is 11.9 Å². The molecule has 0 atom stereocenters. The van der Waals surface area contributed by atoms with Gasteiger partial charge in [-0.05, 0) is 43.7 Å². The van der Waals surface area contributed by atoms with Gasteiger partial charge < -0.3 is 19.2 Å². The number of pyridine rings is 1. The number of ether oxygens (including phenoxy) is 2. The number of carbonyl (C=O) groups excluding carboxylic acids is 2. The first-order chi connectivity index (χ1) is 13.0. The van der Waals surface area contributed by atoms with Crippen molar-refractivity contribution in [1.82, 2.24) is 14.7 Å². The molecule has 0 aliphatic heterocycles. The number of hydrogen-bond acceptors (Lipinski definition) is 5. The topological polar surface area (TPSA) is 81.9 Å². The second kappa shape index (κ2) is 8.35. The molecule has 27 heavy (non-hydrogen) atoms. The normalized spacial score (nSPS) is 10.6. The number of nitrogens with zero attached hydrogens (tertiary/aromatic N) is 2. The van der Waals surface area contributed by atoms with Crippen molar-refractivity contribution in [1.29, 1.82) is 0 Å². The van der Waals surface area contributed by atoms with Crippen molar-refractivity contribution in [2.75, 3.05) is 19.8 Å². The molecule has 0 saturated heterocycles. The highest BCUT2D eigenvalue weighted by Crippen LogP contribution is 2.12. The zero-order valence-corrected chi connectivity index (χ0v) is 15.3. The molecule has 0 saturated carbocycles. The number of aromatic nitrogens is 2. The third-order valence-electron chi connectivity index (χ3n) is 3.92. The Bertz CT molecular complexity index is 965. The number of esters is 1. The average molecular weight is 367 g/mol. The highest BCUT2D eigenvalue weighted by atomic mass is 16.5. The van der Waals surface area contributed by atoms with Gasteiger partial charge in [-0.2, -0.15) is 0 Å². The van der Waals surface area contributed by atoms with Gasteiger partial charge in [0.15, 0.2) is 12.3 Å². The highest BCUT2D eigenvalue weighted by Gasteiger charge is 2.14. The van der Waals surface area contributed by atoms with Gasteiger partial charge in [0.1, 0.15) is 18.0 Å². The van der Waals surface area contributed by atoms with E-state index in [-0.39, 0.29) is 12.3 Å². The number of nitrogens with one attached hydrogen (secondary N) is 1. The molecule has 0 radical (unpaired) electrons. The van der Waals surface area contributed by atoms with E-state index in [1.807, 2.05) is 50.2 Å². The maximum Gasteiger partial charge on any atom is 0.359 e. The maximum absolute atomic E-state index is 12.1. The molecule has 1 amide bonds. The quantitative estimate of drug-likeness (QED) is 0.512. The summed E-state index contributed by atoms with van der Waals surface area (Å²) < 4.78 is 12.4. The first-order valence-electron chi connectivity index (χ1n) is 8.61. The lowest BCUT2D eigenvalue weighted by Crippen LogP contribution is -2.32. The molecule has 3 aromatic rings. The van der Waals surface area contributed by atoms with Crippen molar-refractivity contribution in [3.8, 4) is 5.75 Å². The molecular formula is C20H21N3O4. The van der Waals surface area contributed by atoms with Gasteiger partial charge in [0.25, 0.3) is 5.91 Å². The zero-order valence-electron chi connectivity index (χ0n) is 15.3. The number of imidazole rings is 1. The van der Waals surface area contributed by atoms with E-state index in [2.05, 4.69) is 10.3 Å². The third kappa shape index (κ3) is 4.84. The van der Waals surface area contributed by atoms with E-state index in [1.165, 1.54) is 0 Å². The first-order valence-corrected chi connectivity index (χ1v) is 8.61. The molecule has 140 valence electrons. The van der Waals surface area contributed by atoms with Crippen molar-refractivity contribution < 1.29 is 19.1 Å². The predicted molar refractivity (Wildman–Crippen MR) is 99.9 cm³/mol. The molecule has 7 nitrogen and oxygen atoms in total. The van der Waals surface area contributed by atoms with Crippen LogP contribution < -0.4 is 10.1 Å². The Morgan fingerprint density at radius 2 is 1.96 bits per heavy atom. The van der Waals surface area contributed by atoms with E-state index in [0.29, 0.717) is 18.8 Å². The van der Waals surface area contributed by atoms with Crippen LogP contribution >= 0.6 is 0 Å². The van der Waals surface area contributed by atoms with Crippen LogP contribution in [-0.2, 0) is 9.53 Å². The van der Waals surface area contributed by atoms with Gasteiger partial charge in [-0.3, -0.25) is 4.79 Å². The summed E-state index contributed by atoms with van der Waals surface area (Å²) in [6, 6.07) is 13.2. The molecule has 0 unspecified atom stereocenters. The standard InChI is InChI=1S/C20H21N3O4/c1-14-5-3-7-16(11-14)26-10-9-21-19(24)13-27-20(25)17-12-23-15(2)6-4-8-18(23)22-17/h3-8,11-12H,9-10,13H2,1-2H3,(H,21,24). The fraction of sp³-hybridized carbons (Fsp3) is 0.250. The summed E-state index contributed by atoms with van der Waals surface area (Å²) in [5, 5.41) is 2.64. The van der Waals surface area contributed by atoms with E-state index >= 15 is 0 Å². The van der Waals surface area contributed by atoms with Crippen molar-refractivity contribution >= 4 is 17.5 Å². The SMILES string of the molecule is Cc1cccc(OCCNC(=O)COC(=O)c2cn3c(C)cccc3n2)c1. The molecule has 0 aliphatic rings. The van der Waals surface area contributed by atoms with E-state index in [0.717, 1.165) is 17.0 Å². The Morgan fingerprint density at radius 3 is 2.74 bits per heavy atom.